The Labute approximate surface area is 160 Å². The zero-order chi connectivity index (χ0) is 18.3. The van der Waals surface area contributed by atoms with Crippen molar-refractivity contribution in [3.05, 3.63) is 51.7 Å². The minimum absolute atomic E-state index is 0.0175. The lowest BCUT2D eigenvalue weighted by atomic mass is 10.2. The number of likely N-dealkylation sites (tertiary alicyclic amines) is 1. The highest BCUT2D eigenvalue weighted by molar-refractivity contribution is 7.10. The summed E-state index contributed by atoms with van der Waals surface area (Å²) in [6.45, 7) is 0.535. The number of carbonyl (C=O) groups excluding carboxylic acids is 2. The molecule has 1 aromatic heterocycles. The molecule has 0 spiro atoms. The van der Waals surface area contributed by atoms with Gasteiger partial charge in [-0.15, -0.1) is 11.3 Å². The largest absolute Gasteiger partial charge is 0.495 e. The number of thiophene rings is 1. The van der Waals surface area contributed by atoms with Crippen molar-refractivity contribution in [3.63, 3.8) is 0 Å². The molecular weight excluding hydrogens is 372 g/mol. The van der Waals surface area contributed by atoms with Gasteiger partial charge < -0.3 is 14.5 Å². The van der Waals surface area contributed by atoms with E-state index in [0.717, 1.165) is 10.6 Å². The van der Waals surface area contributed by atoms with Gasteiger partial charge in [-0.3, -0.25) is 9.59 Å². The highest BCUT2D eigenvalue weighted by Crippen LogP contribution is 2.38. The second-order valence-electron chi connectivity index (χ2n) is 6.27. The maximum atomic E-state index is 12.8. The number of hydrogen-bond acceptors (Lipinski definition) is 4. The van der Waals surface area contributed by atoms with Crippen molar-refractivity contribution in [2.24, 2.45) is 0 Å². The second kappa shape index (κ2) is 6.78. The second-order valence-corrected chi connectivity index (χ2v) is 7.66. The minimum Gasteiger partial charge on any atom is -0.495 e. The van der Waals surface area contributed by atoms with Gasteiger partial charge in [0.25, 0.3) is 0 Å². The average molecular weight is 389 g/mol. The van der Waals surface area contributed by atoms with Crippen LogP contribution >= 0.6 is 22.9 Å². The molecule has 0 radical (unpaired) electrons. The molecule has 2 aliphatic rings. The van der Waals surface area contributed by atoms with Gasteiger partial charge >= 0.3 is 0 Å². The maximum absolute atomic E-state index is 12.8. The van der Waals surface area contributed by atoms with E-state index in [0.29, 0.717) is 23.7 Å². The van der Waals surface area contributed by atoms with E-state index in [1.807, 2.05) is 23.6 Å². The highest BCUT2D eigenvalue weighted by atomic mass is 35.5. The predicted octanol–water partition coefficient (Wildman–Crippen LogP) is 3.44. The maximum Gasteiger partial charge on any atom is 0.250 e. The Morgan fingerprint density at radius 2 is 2.23 bits per heavy atom. The molecule has 2 bridgehead atoms. The number of halogens is 1. The standard InChI is InChI=1S/C19H17ClN2O3S/c1-25-17-6-4-12(9-15(17)20)22-13-10-16(19(22)24)21(11-13)18(23)7-5-14-3-2-8-26-14/h2-9,13,16H,10-11H2,1H3/t13-,16-/m0/s1. The van der Waals surface area contributed by atoms with Crippen LogP contribution in [0.2, 0.25) is 5.02 Å². The normalized spacial score (nSPS) is 21.8. The van der Waals surface area contributed by atoms with Gasteiger partial charge in [0.05, 0.1) is 18.2 Å². The van der Waals surface area contributed by atoms with E-state index in [4.69, 9.17) is 16.3 Å². The van der Waals surface area contributed by atoms with Gasteiger partial charge in [0.15, 0.2) is 0 Å². The van der Waals surface area contributed by atoms with Crippen molar-refractivity contribution in [3.8, 4) is 5.75 Å². The number of methoxy groups -OCH3 is 1. The number of benzene rings is 1. The summed E-state index contributed by atoms with van der Waals surface area (Å²) >= 11 is 7.76. The molecule has 2 aliphatic heterocycles. The molecule has 1 aromatic carbocycles. The molecule has 0 N–H and O–H groups in total. The lowest BCUT2D eigenvalue weighted by Gasteiger charge is -2.33. The van der Waals surface area contributed by atoms with Crippen LogP contribution in [0.4, 0.5) is 5.69 Å². The van der Waals surface area contributed by atoms with Gasteiger partial charge in [-0.2, -0.15) is 0 Å². The topological polar surface area (TPSA) is 49.9 Å². The Morgan fingerprint density at radius 3 is 2.88 bits per heavy atom. The van der Waals surface area contributed by atoms with Crippen molar-refractivity contribution >= 4 is 46.5 Å². The third-order valence-electron chi connectivity index (χ3n) is 4.80. The molecule has 0 aliphatic carbocycles. The van der Waals surface area contributed by atoms with Crippen LogP contribution in [0.1, 0.15) is 11.3 Å². The number of fused-ring (bicyclic) bond motifs is 2. The number of hydrogen-bond donors (Lipinski definition) is 0. The lowest BCUT2D eigenvalue weighted by Crippen LogP contribution is -2.52. The molecule has 2 saturated heterocycles. The Kier molecular flexibility index (Phi) is 4.46. The number of piperazine rings is 1. The smallest absolute Gasteiger partial charge is 0.250 e. The molecule has 4 rings (SSSR count). The van der Waals surface area contributed by atoms with E-state index in [-0.39, 0.29) is 17.9 Å². The molecule has 3 heterocycles. The first-order chi connectivity index (χ1) is 12.6. The van der Waals surface area contributed by atoms with Crippen molar-refractivity contribution < 1.29 is 14.3 Å². The van der Waals surface area contributed by atoms with E-state index >= 15 is 0 Å². The van der Waals surface area contributed by atoms with Gasteiger partial charge in [0, 0.05) is 23.2 Å². The first kappa shape index (κ1) is 17.1. The van der Waals surface area contributed by atoms with Crippen LogP contribution in [0, 0.1) is 0 Å². The SMILES string of the molecule is COc1ccc(N2C(=O)[C@@H]3C[C@H]2CN3C(=O)C=Cc2cccs2)cc1Cl. The van der Waals surface area contributed by atoms with Crippen LogP contribution in [-0.4, -0.2) is 42.5 Å². The van der Waals surface area contributed by atoms with E-state index in [9.17, 15) is 9.59 Å². The molecule has 2 amide bonds. The van der Waals surface area contributed by atoms with Crippen molar-refractivity contribution in [2.75, 3.05) is 18.6 Å². The van der Waals surface area contributed by atoms with E-state index in [1.165, 1.54) is 0 Å². The summed E-state index contributed by atoms with van der Waals surface area (Å²) in [6.07, 6.45) is 4.00. The number of rotatable bonds is 4. The Bertz CT molecular complexity index is 881. The van der Waals surface area contributed by atoms with Crippen LogP contribution in [0.25, 0.3) is 6.08 Å². The Morgan fingerprint density at radius 1 is 1.38 bits per heavy atom. The summed E-state index contributed by atoms with van der Waals surface area (Å²) in [7, 11) is 1.55. The molecule has 2 aromatic rings. The minimum atomic E-state index is -0.402. The molecule has 7 heteroatoms. The lowest BCUT2D eigenvalue weighted by molar-refractivity contribution is -0.134. The molecule has 2 atom stereocenters. The van der Waals surface area contributed by atoms with Crippen LogP contribution in [-0.2, 0) is 9.59 Å². The molecule has 134 valence electrons. The summed E-state index contributed by atoms with van der Waals surface area (Å²) in [5.74, 6) is 0.398. The molecular formula is C19H17ClN2O3S. The third-order valence-corrected chi connectivity index (χ3v) is 5.93. The van der Waals surface area contributed by atoms with Gasteiger partial charge in [-0.1, -0.05) is 17.7 Å². The molecule has 0 saturated carbocycles. The van der Waals surface area contributed by atoms with E-state index < -0.39 is 6.04 Å². The number of nitrogens with zero attached hydrogens (tertiary/aromatic N) is 2. The van der Waals surface area contributed by atoms with Crippen molar-refractivity contribution in [1.82, 2.24) is 4.90 Å². The fourth-order valence-corrected chi connectivity index (χ4v) is 4.47. The molecule has 5 nitrogen and oxygen atoms in total. The number of anilines is 1. The van der Waals surface area contributed by atoms with Crippen LogP contribution in [0.15, 0.2) is 41.8 Å². The first-order valence-electron chi connectivity index (χ1n) is 8.27. The Balaban J connectivity index is 1.50. The molecule has 2 fully saturated rings. The number of ether oxygens (including phenoxy) is 1. The quantitative estimate of drug-likeness (QED) is 0.754. The summed E-state index contributed by atoms with van der Waals surface area (Å²) in [5.41, 5.74) is 0.745. The molecule has 0 unspecified atom stereocenters. The predicted molar refractivity (Wildman–Crippen MR) is 103 cm³/mol. The van der Waals surface area contributed by atoms with E-state index in [1.54, 1.807) is 52.5 Å². The summed E-state index contributed by atoms with van der Waals surface area (Å²) in [6, 6.07) is 8.79. The van der Waals surface area contributed by atoms with Crippen molar-refractivity contribution in [2.45, 2.75) is 18.5 Å². The van der Waals surface area contributed by atoms with Crippen molar-refractivity contribution in [1.29, 1.82) is 0 Å². The van der Waals surface area contributed by atoms with Gasteiger partial charge in [0.1, 0.15) is 11.8 Å². The highest BCUT2D eigenvalue weighted by Gasteiger charge is 2.51. The third kappa shape index (κ3) is 2.89. The summed E-state index contributed by atoms with van der Waals surface area (Å²) < 4.78 is 5.16. The monoisotopic (exact) mass is 388 g/mol. The van der Waals surface area contributed by atoms with Crippen LogP contribution in [0.5, 0.6) is 5.75 Å². The first-order valence-corrected chi connectivity index (χ1v) is 9.53. The summed E-state index contributed by atoms with van der Waals surface area (Å²) in [5, 5.41) is 2.43. The van der Waals surface area contributed by atoms with Gasteiger partial charge in [-0.25, -0.2) is 0 Å². The van der Waals surface area contributed by atoms with Crippen LogP contribution in [0.3, 0.4) is 0 Å². The molecule has 26 heavy (non-hydrogen) atoms. The summed E-state index contributed by atoms with van der Waals surface area (Å²) in [4.78, 5) is 29.7. The number of carbonyl (C=O) groups is 2. The van der Waals surface area contributed by atoms with Gasteiger partial charge in [-0.05, 0) is 42.1 Å². The average Bonchev–Trinajstić information content (AvgIpc) is 3.35. The van der Waals surface area contributed by atoms with Crippen LogP contribution < -0.4 is 9.64 Å². The fourth-order valence-electron chi connectivity index (χ4n) is 3.60. The zero-order valence-corrected chi connectivity index (χ0v) is 15.7. The Hall–Kier alpha value is -2.31. The zero-order valence-electron chi connectivity index (χ0n) is 14.1. The van der Waals surface area contributed by atoms with E-state index in [2.05, 4.69) is 0 Å². The van der Waals surface area contributed by atoms with Gasteiger partial charge in [0.2, 0.25) is 11.8 Å². The number of amides is 2. The fraction of sp³-hybridized carbons (Fsp3) is 0.263.